The van der Waals surface area contributed by atoms with Gasteiger partial charge in [0.2, 0.25) is 0 Å². The molecule has 3 heteroatoms. The number of halogens is 1. The van der Waals surface area contributed by atoms with Crippen molar-refractivity contribution in [2.75, 3.05) is 6.54 Å². The molecule has 1 rings (SSSR count). The van der Waals surface area contributed by atoms with Gasteiger partial charge >= 0.3 is 0 Å². The number of nitrogens with one attached hydrogen (secondary N) is 1. The zero-order valence-corrected chi connectivity index (χ0v) is 6.45. The Hall–Kier alpha value is 0.210. The van der Waals surface area contributed by atoms with Crippen LogP contribution in [0, 0.1) is 0 Å². The average molecular weight is 152 g/mol. The molecule has 0 amide bonds. The number of rotatable bonds is 1. The third-order valence-electron chi connectivity index (χ3n) is 1.69. The summed E-state index contributed by atoms with van der Waals surface area (Å²) in [6.45, 7) is 2.92. The molecular formula is C6H14ClNO. The largest absolute Gasteiger partial charge is 0.392 e. The molecule has 1 aliphatic rings. The van der Waals surface area contributed by atoms with Gasteiger partial charge in [-0.15, -0.1) is 12.4 Å². The minimum atomic E-state index is -0.0834. The summed E-state index contributed by atoms with van der Waals surface area (Å²) in [7, 11) is 0. The summed E-state index contributed by atoms with van der Waals surface area (Å²) < 4.78 is 0. The molecule has 0 spiro atoms. The zero-order valence-electron chi connectivity index (χ0n) is 5.63. The second-order valence-electron chi connectivity index (χ2n) is 2.40. The van der Waals surface area contributed by atoms with E-state index in [2.05, 4.69) is 12.2 Å². The summed E-state index contributed by atoms with van der Waals surface area (Å²) in [4.78, 5) is 0. The molecule has 0 aromatic carbocycles. The number of aliphatic hydroxyl groups is 1. The highest BCUT2D eigenvalue weighted by Gasteiger charge is 2.19. The maximum Gasteiger partial charge on any atom is 0.0679 e. The molecule has 1 saturated heterocycles. The maximum absolute atomic E-state index is 8.97. The molecular weight excluding hydrogens is 138 g/mol. The predicted octanol–water partition coefficient (Wildman–Crippen LogP) is 0.541. The van der Waals surface area contributed by atoms with Crippen LogP contribution in [0.15, 0.2) is 0 Å². The Labute approximate surface area is 62.1 Å². The summed E-state index contributed by atoms with van der Waals surface area (Å²) in [6, 6.07) is 0.574. The first-order valence-corrected chi connectivity index (χ1v) is 3.24. The molecule has 9 heavy (non-hydrogen) atoms. The van der Waals surface area contributed by atoms with Crippen LogP contribution in [0.25, 0.3) is 0 Å². The van der Waals surface area contributed by atoms with E-state index < -0.39 is 0 Å². The van der Waals surface area contributed by atoms with Crippen LogP contribution in [0.5, 0.6) is 0 Å². The fourth-order valence-electron chi connectivity index (χ4n) is 1.11. The molecule has 2 N–H and O–H groups in total. The van der Waals surface area contributed by atoms with E-state index in [1.54, 1.807) is 0 Å². The van der Waals surface area contributed by atoms with Crippen LogP contribution in [-0.4, -0.2) is 23.8 Å². The van der Waals surface area contributed by atoms with E-state index in [-0.39, 0.29) is 18.5 Å². The summed E-state index contributed by atoms with van der Waals surface area (Å²) in [5.74, 6) is 0. The second-order valence-corrected chi connectivity index (χ2v) is 2.40. The van der Waals surface area contributed by atoms with E-state index in [1.807, 2.05) is 0 Å². The van der Waals surface area contributed by atoms with E-state index in [1.165, 1.54) is 0 Å². The highest BCUT2D eigenvalue weighted by atomic mass is 35.5. The Bertz CT molecular complexity index is 79.5. The molecule has 0 aromatic rings. The molecule has 2 nitrogen and oxygen atoms in total. The predicted molar refractivity (Wildman–Crippen MR) is 40.0 cm³/mol. The summed E-state index contributed by atoms with van der Waals surface area (Å²) in [5, 5.41) is 12.2. The van der Waals surface area contributed by atoms with Crippen LogP contribution in [0.1, 0.15) is 19.8 Å². The van der Waals surface area contributed by atoms with Gasteiger partial charge in [0.25, 0.3) is 0 Å². The molecule has 1 heterocycles. The fourth-order valence-corrected chi connectivity index (χ4v) is 1.11. The van der Waals surface area contributed by atoms with E-state index in [9.17, 15) is 0 Å². The zero-order chi connectivity index (χ0) is 5.98. The van der Waals surface area contributed by atoms with E-state index >= 15 is 0 Å². The van der Waals surface area contributed by atoms with Gasteiger partial charge in [0.15, 0.2) is 0 Å². The van der Waals surface area contributed by atoms with Crippen LogP contribution < -0.4 is 5.32 Å². The lowest BCUT2D eigenvalue weighted by molar-refractivity contribution is 0.193. The Balaban J connectivity index is 0.000000640. The van der Waals surface area contributed by atoms with Gasteiger partial charge in [0, 0.05) is 12.6 Å². The Kier molecular flexibility index (Phi) is 4.19. The minimum absolute atomic E-state index is 0. The molecule has 56 valence electrons. The maximum atomic E-state index is 8.97. The van der Waals surface area contributed by atoms with Gasteiger partial charge in [-0.25, -0.2) is 0 Å². The van der Waals surface area contributed by atoms with Crippen molar-refractivity contribution in [2.24, 2.45) is 0 Å². The molecule has 0 radical (unpaired) electrons. The molecule has 2 atom stereocenters. The average Bonchev–Trinajstić information content (AvgIpc) is 2.14. The first-order chi connectivity index (χ1) is 3.83. The van der Waals surface area contributed by atoms with Gasteiger partial charge in [-0.2, -0.15) is 0 Å². The van der Waals surface area contributed by atoms with Gasteiger partial charge < -0.3 is 10.4 Å². The smallest absolute Gasteiger partial charge is 0.0679 e. The summed E-state index contributed by atoms with van der Waals surface area (Å²) in [5.41, 5.74) is 0. The molecule has 0 saturated carbocycles. The lowest BCUT2D eigenvalue weighted by atomic mass is 10.2. The van der Waals surface area contributed by atoms with Gasteiger partial charge in [-0.05, 0) is 12.8 Å². The number of hydrogen-bond donors (Lipinski definition) is 2. The third kappa shape index (κ3) is 2.52. The van der Waals surface area contributed by atoms with Crippen molar-refractivity contribution in [3.63, 3.8) is 0 Å². The Morgan fingerprint density at radius 2 is 2.33 bits per heavy atom. The van der Waals surface area contributed by atoms with Crippen LogP contribution in [-0.2, 0) is 0 Å². The van der Waals surface area contributed by atoms with Crippen molar-refractivity contribution >= 4 is 12.4 Å². The molecule has 0 unspecified atom stereocenters. The Morgan fingerprint density at radius 1 is 1.67 bits per heavy atom. The van der Waals surface area contributed by atoms with Gasteiger partial charge in [0.1, 0.15) is 0 Å². The molecule has 1 aliphatic heterocycles. The highest BCUT2D eigenvalue weighted by Crippen LogP contribution is 2.07. The number of aliphatic hydroxyl groups excluding tert-OH is 1. The normalized spacial score (nSPS) is 34.0. The van der Waals surface area contributed by atoms with Crippen molar-refractivity contribution in [3.05, 3.63) is 0 Å². The van der Waals surface area contributed by atoms with Crippen molar-refractivity contribution in [1.82, 2.24) is 5.32 Å². The standard InChI is InChI=1S/C6H13NO.ClH/c1-2-5-3-6(8)4-7-5;/h5-8H,2-4H2,1H3;1H/t5-,6-;/m0./s1. The van der Waals surface area contributed by atoms with E-state index in [0.717, 1.165) is 19.4 Å². The molecule has 0 aliphatic carbocycles. The van der Waals surface area contributed by atoms with Gasteiger partial charge in [-0.1, -0.05) is 6.92 Å². The first kappa shape index (κ1) is 9.21. The SMILES string of the molecule is CC[C@H]1C[C@H](O)CN1.Cl. The first-order valence-electron chi connectivity index (χ1n) is 3.24. The van der Waals surface area contributed by atoms with Crippen molar-refractivity contribution in [3.8, 4) is 0 Å². The van der Waals surface area contributed by atoms with Crippen molar-refractivity contribution < 1.29 is 5.11 Å². The van der Waals surface area contributed by atoms with Crippen LogP contribution >= 0.6 is 12.4 Å². The van der Waals surface area contributed by atoms with Crippen molar-refractivity contribution in [1.29, 1.82) is 0 Å². The lowest BCUT2D eigenvalue weighted by Gasteiger charge is -2.02. The topological polar surface area (TPSA) is 32.3 Å². The molecule has 1 fully saturated rings. The molecule has 0 aromatic heterocycles. The monoisotopic (exact) mass is 151 g/mol. The number of hydrogen-bond acceptors (Lipinski definition) is 2. The molecule has 0 bridgehead atoms. The van der Waals surface area contributed by atoms with Gasteiger partial charge in [-0.3, -0.25) is 0 Å². The number of β-amino-alcohol motifs (C(OH)–C–C–N with tert-alkyl or cyclic N) is 1. The lowest BCUT2D eigenvalue weighted by Crippen LogP contribution is -2.19. The third-order valence-corrected chi connectivity index (χ3v) is 1.69. The van der Waals surface area contributed by atoms with Crippen molar-refractivity contribution in [2.45, 2.75) is 31.9 Å². The quantitative estimate of drug-likeness (QED) is 0.574. The van der Waals surface area contributed by atoms with Crippen LogP contribution in [0.4, 0.5) is 0 Å². The van der Waals surface area contributed by atoms with E-state index in [4.69, 9.17) is 5.11 Å². The fraction of sp³-hybridized carbons (Fsp3) is 1.00. The van der Waals surface area contributed by atoms with E-state index in [0.29, 0.717) is 6.04 Å². The van der Waals surface area contributed by atoms with Gasteiger partial charge in [0.05, 0.1) is 6.10 Å². The minimum Gasteiger partial charge on any atom is -0.392 e. The summed E-state index contributed by atoms with van der Waals surface area (Å²) in [6.07, 6.45) is 1.99. The van der Waals surface area contributed by atoms with Crippen LogP contribution in [0.2, 0.25) is 0 Å². The Morgan fingerprint density at radius 3 is 2.56 bits per heavy atom. The highest BCUT2D eigenvalue weighted by molar-refractivity contribution is 5.85. The van der Waals surface area contributed by atoms with Crippen LogP contribution in [0.3, 0.4) is 0 Å². The second kappa shape index (κ2) is 4.09. The summed E-state index contributed by atoms with van der Waals surface area (Å²) >= 11 is 0.